The molecule has 1 aliphatic rings. The predicted octanol–water partition coefficient (Wildman–Crippen LogP) is 8.74. The summed E-state index contributed by atoms with van der Waals surface area (Å²) in [7, 11) is 0. The number of ether oxygens (including phenoxy) is 2. The first-order valence-corrected chi connectivity index (χ1v) is 20.8. The van der Waals surface area contributed by atoms with Gasteiger partial charge in [0.15, 0.2) is 12.6 Å². The molecular weight excluding hydrogens is 719 g/mol. The number of aliphatic hydroxyl groups is 1. The normalized spacial score (nSPS) is 17.6. The van der Waals surface area contributed by atoms with Gasteiger partial charge in [-0.25, -0.2) is 19.9 Å². The Balaban J connectivity index is 1.45. The van der Waals surface area contributed by atoms with E-state index in [1.54, 1.807) is 31.2 Å². The molecule has 0 fully saturated rings. The van der Waals surface area contributed by atoms with Crippen LogP contribution >= 0.6 is 0 Å². The van der Waals surface area contributed by atoms with Gasteiger partial charge in [0.25, 0.3) is 0 Å². The molecule has 0 aromatic heterocycles. The molecule has 0 radical (unpaired) electrons. The Labute approximate surface area is 340 Å². The van der Waals surface area contributed by atoms with Gasteiger partial charge in [-0.05, 0) is 119 Å². The van der Waals surface area contributed by atoms with Crippen molar-refractivity contribution in [2.75, 3.05) is 29.2 Å². The number of carbonyl (C=O) groups excluding carboxylic acids is 2. The average Bonchev–Trinajstić information content (AvgIpc) is 3.17. The zero-order valence-electron chi connectivity index (χ0n) is 35.3. The Morgan fingerprint density at radius 1 is 0.719 bits per heavy atom. The number of anilines is 3. The van der Waals surface area contributed by atoms with Crippen molar-refractivity contribution in [2.24, 2.45) is 16.8 Å². The zero-order chi connectivity index (χ0) is 41.4. The summed E-state index contributed by atoms with van der Waals surface area (Å²) < 4.78 is 11.3. The minimum Gasteiger partial charge on any atom is -0.462 e. The molecule has 0 spiro atoms. The third-order valence-electron chi connectivity index (χ3n) is 10.0. The van der Waals surface area contributed by atoms with Crippen molar-refractivity contribution in [1.82, 2.24) is 16.0 Å². The molecule has 57 heavy (non-hydrogen) atoms. The molecule has 5 unspecified atom stereocenters. The third kappa shape index (κ3) is 15.0. The van der Waals surface area contributed by atoms with Gasteiger partial charge in [-0.3, -0.25) is 5.32 Å². The second-order valence-corrected chi connectivity index (χ2v) is 16.2. The quantitative estimate of drug-likeness (QED) is 0.0409. The van der Waals surface area contributed by atoms with Crippen molar-refractivity contribution in [3.63, 3.8) is 0 Å². The van der Waals surface area contributed by atoms with Gasteiger partial charge < -0.3 is 35.8 Å². The van der Waals surface area contributed by atoms with E-state index < -0.39 is 18.3 Å². The van der Waals surface area contributed by atoms with E-state index in [0.717, 1.165) is 74.0 Å². The van der Waals surface area contributed by atoms with Crippen LogP contribution in [0, 0.1) is 11.8 Å². The fourth-order valence-electron chi connectivity index (χ4n) is 6.66. The fourth-order valence-corrected chi connectivity index (χ4v) is 6.66. The van der Waals surface area contributed by atoms with Crippen molar-refractivity contribution < 1.29 is 24.2 Å². The maximum atomic E-state index is 12.8. The fraction of sp³-hybridized carbons (Fsp3) is 0.533. The first-order valence-electron chi connectivity index (χ1n) is 20.8. The van der Waals surface area contributed by atoms with Gasteiger partial charge in [-0.15, -0.1) is 0 Å². The molecule has 0 amide bonds. The molecule has 1 heterocycles. The number of hydrogen-bond donors (Lipinski definition) is 7. The van der Waals surface area contributed by atoms with Crippen molar-refractivity contribution in [2.45, 2.75) is 131 Å². The number of carbonyl (C=O) groups is 2. The topological polar surface area (TPSA) is 157 Å². The number of nitrogens with one attached hydrogen (secondary N) is 6. The SMILES string of the molecule is CCCCC(CC)COC(=O)c1ccc(NC2=NC(Nc3ccc(C(C)(O)NC(C)(C)C)cc3)NC(Nc3ccc(C(=O)OCC(CC)CCCC)cc3)N2)cc1. The molecular formula is C45H67N7O5. The van der Waals surface area contributed by atoms with Crippen molar-refractivity contribution in [3.05, 3.63) is 89.5 Å². The van der Waals surface area contributed by atoms with Crippen LogP contribution in [0.5, 0.6) is 0 Å². The van der Waals surface area contributed by atoms with E-state index in [9.17, 15) is 14.7 Å². The van der Waals surface area contributed by atoms with Gasteiger partial charge in [0.05, 0.1) is 24.3 Å². The summed E-state index contributed by atoms with van der Waals surface area (Å²) in [6.45, 7) is 17.2. The Kier molecular flexibility index (Phi) is 17.2. The van der Waals surface area contributed by atoms with E-state index in [0.29, 0.717) is 42.1 Å². The van der Waals surface area contributed by atoms with Crippen molar-refractivity contribution in [3.8, 4) is 0 Å². The standard InChI is InChI=1S/C45H67N7O5/c1-9-13-15-31(11-3)29-56-39(53)33-17-23-36(24-18-33)46-41-49-42(47-37-25-19-34(20-26-37)40(54)57-30-32(12-4)16-14-10-2)51-43(50-41)48-38-27-21-35(22-28-38)45(8,55)52-44(5,6)7/h17-28,31-32,41,43,46,48,50,52,55H,9-16,29-30H2,1-8H3,(H2,47,49,51). The van der Waals surface area contributed by atoms with Crippen molar-refractivity contribution >= 4 is 35.0 Å². The molecule has 0 saturated carbocycles. The number of nitrogens with zero attached hydrogens (tertiary/aromatic N) is 1. The lowest BCUT2D eigenvalue weighted by Crippen LogP contribution is -2.61. The molecule has 4 rings (SSSR count). The van der Waals surface area contributed by atoms with Crippen LogP contribution in [0.4, 0.5) is 17.1 Å². The summed E-state index contributed by atoms with van der Waals surface area (Å²) in [6.07, 6.45) is 7.51. The highest BCUT2D eigenvalue weighted by molar-refractivity contribution is 5.96. The number of unbranched alkanes of at least 4 members (excludes halogenated alkanes) is 2. The minimum absolute atomic E-state index is 0.287. The summed E-state index contributed by atoms with van der Waals surface area (Å²) in [5, 5.41) is 31.3. The molecule has 312 valence electrons. The lowest BCUT2D eigenvalue weighted by molar-refractivity contribution is -0.00418. The first kappa shape index (κ1) is 45.1. The monoisotopic (exact) mass is 786 g/mol. The smallest absolute Gasteiger partial charge is 0.338 e. The van der Waals surface area contributed by atoms with E-state index in [-0.39, 0.29) is 17.5 Å². The Hall–Kier alpha value is -4.65. The van der Waals surface area contributed by atoms with Crippen LogP contribution in [0.15, 0.2) is 77.8 Å². The van der Waals surface area contributed by atoms with Crippen LogP contribution in [0.3, 0.4) is 0 Å². The third-order valence-corrected chi connectivity index (χ3v) is 10.0. The molecule has 5 atom stereocenters. The zero-order valence-corrected chi connectivity index (χ0v) is 35.3. The predicted molar refractivity (Wildman–Crippen MR) is 231 cm³/mol. The molecule has 12 nitrogen and oxygen atoms in total. The average molecular weight is 786 g/mol. The Bertz CT molecular complexity index is 1710. The van der Waals surface area contributed by atoms with Gasteiger partial charge in [-0.1, -0.05) is 78.4 Å². The molecule has 3 aromatic rings. The summed E-state index contributed by atoms with van der Waals surface area (Å²) in [6, 6.07) is 21.9. The summed E-state index contributed by atoms with van der Waals surface area (Å²) in [4.78, 5) is 30.5. The van der Waals surface area contributed by atoms with Crippen LogP contribution in [0.1, 0.15) is 133 Å². The minimum atomic E-state index is -1.22. The van der Waals surface area contributed by atoms with E-state index >= 15 is 0 Å². The second-order valence-electron chi connectivity index (χ2n) is 16.2. The molecule has 1 aliphatic heterocycles. The van der Waals surface area contributed by atoms with Gasteiger partial charge >= 0.3 is 11.9 Å². The maximum Gasteiger partial charge on any atom is 0.338 e. The number of guanidine groups is 1. The Morgan fingerprint density at radius 3 is 1.67 bits per heavy atom. The molecule has 12 heteroatoms. The van der Waals surface area contributed by atoms with E-state index in [2.05, 4.69) is 59.6 Å². The number of hydrogen-bond acceptors (Lipinski definition) is 12. The maximum absolute atomic E-state index is 12.8. The lowest BCUT2D eigenvalue weighted by atomic mass is 9.99. The summed E-state index contributed by atoms with van der Waals surface area (Å²) >= 11 is 0. The molecule has 0 bridgehead atoms. The highest BCUT2D eigenvalue weighted by Crippen LogP contribution is 2.24. The summed E-state index contributed by atoms with van der Waals surface area (Å²) in [5.74, 6) is 0.555. The van der Waals surface area contributed by atoms with Gasteiger partial charge in [0.2, 0.25) is 5.96 Å². The van der Waals surface area contributed by atoms with Crippen LogP contribution in [-0.4, -0.2) is 54.3 Å². The first-order chi connectivity index (χ1) is 27.2. The number of benzene rings is 3. The summed E-state index contributed by atoms with van der Waals surface area (Å²) in [5.41, 5.74) is 2.50. The largest absolute Gasteiger partial charge is 0.462 e. The number of aliphatic imine (C=N–C) groups is 1. The molecule has 0 saturated heterocycles. The van der Waals surface area contributed by atoms with Gasteiger partial charge in [-0.2, -0.15) is 0 Å². The van der Waals surface area contributed by atoms with E-state index in [4.69, 9.17) is 14.5 Å². The molecule has 0 aliphatic carbocycles. The van der Waals surface area contributed by atoms with Crippen LogP contribution in [0.25, 0.3) is 0 Å². The highest BCUT2D eigenvalue weighted by atomic mass is 16.5. The number of esters is 2. The van der Waals surface area contributed by atoms with Crippen LogP contribution in [0.2, 0.25) is 0 Å². The second kappa shape index (κ2) is 21.8. The van der Waals surface area contributed by atoms with E-state index in [1.807, 2.05) is 69.3 Å². The lowest BCUT2D eigenvalue weighted by Gasteiger charge is -2.34. The van der Waals surface area contributed by atoms with Gasteiger partial charge in [0.1, 0.15) is 5.72 Å². The molecule has 7 N–H and O–H groups in total. The van der Waals surface area contributed by atoms with Crippen LogP contribution in [-0.2, 0) is 15.2 Å². The Morgan fingerprint density at radius 2 is 1.19 bits per heavy atom. The van der Waals surface area contributed by atoms with Crippen LogP contribution < -0.4 is 31.9 Å². The van der Waals surface area contributed by atoms with Gasteiger partial charge in [0, 0.05) is 22.6 Å². The van der Waals surface area contributed by atoms with Crippen molar-refractivity contribution in [1.29, 1.82) is 0 Å². The highest BCUT2D eigenvalue weighted by Gasteiger charge is 2.28. The van der Waals surface area contributed by atoms with E-state index in [1.165, 1.54) is 0 Å². The molecule has 3 aromatic carbocycles. The number of rotatable bonds is 21.